The van der Waals surface area contributed by atoms with Gasteiger partial charge in [-0.05, 0) is 36.1 Å². The van der Waals surface area contributed by atoms with Crippen molar-refractivity contribution >= 4 is 31.0 Å². The maximum atomic E-state index is 12.4. The number of thioether (sulfide) groups is 1. The van der Waals surface area contributed by atoms with Crippen LogP contribution in [-0.4, -0.2) is 13.2 Å². The summed E-state index contributed by atoms with van der Waals surface area (Å²) in [6.07, 6.45) is 0. The molecule has 1 saturated heterocycles. The zero-order valence-electron chi connectivity index (χ0n) is 11.8. The zero-order valence-corrected chi connectivity index (χ0v) is 14.2. The van der Waals surface area contributed by atoms with Gasteiger partial charge in [0.15, 0.2) is 0 Å². The van der Waals surface area contributed by atoms with Gasteiger partial charge in [-0.2, -0.15) is 0 Å². The molecule has 110 valence electrons. The van der Waals surface area contributed by atoms with E-state index in [2.05, 4.69) is 0 Å². The monoisotopic (exact) mass is 332 g/mol. The average Bonchev–Trinajstić information content (AvgIpc) is 2.36. The molecule has 0 aliphatic carbocycles. The fourth-order valence-electron chi connectivity index (χ4n) is 1.62. The Morgan fingerprint density at radius 1 is 1.30 bits per heavy atom. The lowest BCUT2D eigenvalue weighted by Gasteiger charge is -2.32. The number of halogens is 1. The number of benzene rings is 1. The van der Waals surface area contributed by atoms with Crippen molar-refractivity contribution in [1.29, 1.82) is 0 Å². The smallest absolute Gasteiger partial charge is 0.305 e. The maximum Gasteiger partial charge on any atom is 0.355 e. The molecule has 0 saturated carbocycles. The molecule has 0 atom stereocenters. The van der Waals surface area contributed by atoms with E-state index in [1.54, 1.807) is 5.82 Å². The van der Waals surface area contributed by atoms with Gasteiger partial charge in [-0.3, -0.25) is 4.57 Å². The number of hydrogen-bond donors (Lipinski definition) is 0. The molecular formula is C14H18ClO3PS. The van der Waals surface area contributed by atoms with Gasteiger partial charge in [-0.25, -0.2) is 0 Å². The van der Waals surface area contributed by atoms with E-state index in [4.69, 9.17) is 20.6 Å². The van der Waals surface area contributed by atoms with Crippen LogP contribution in [0.25, 0.3) is 0 Å². The van der Waals surface area contributed by atoms with E-state index in [0.717, 1.165) is 9.80 Å². The van der Waals surface area contributed by atoms with Gasteiger partial charge in [-0.15, -0.1) is 0 Å². The second-order valence-electron chi connectivity index (χ2n) is 5.55. The molecule has 0 N–H and O–H groups in total. The first-order valence-corrected chi connectivity index (χ1v) is 9.10. The number of hydrogen-bond acceptors (Lipinski definition) is 4. The Morgan fingerprint density at radius 3 is 2.40 bits per heavy atom. The molecule has 6 heteroatoms. The van der Waals surface area contributed by atoms with Crippen molar-refractivity contribution in [1.82, 2.24) is 0 Å². The first-order valence-electron chi connectivity index (χ1n) is 6.30. The van der Waals surface area contributed by atoms with Crippen LogP contribution in [-0.2, 0) is 13.6 Å². The summed E-state index contributed by atoms with van der Waals surface area (Å²) in [6.45, 7) is 6.83. The lowest BCUT2D eigenvalue weighted by molar-refractivity contribution is 0.0457. The summed E-state index contributed by atoms with van der Waals surface area (Å²) in [5.41, 5.74) is -0.0843. The summed E-state index contributed by atoms with van der Waals surface area (Å²) >= 11 is 7.36. The van der Waals surface area contributed by atoms with Crippen molar-refractivity contribution in [3.05, 3.63) is 40.0 Å². The molecule has 1 heterocycles. The summed E-state index contributed by atoms with van der Waals surface area (Å²) in [7, 11) is -3.10. The lowest BCUT2D eigenvalue weighted by atomic mass is 9.97. The normalized spacial score (nSPS) is 21.7. The molecule has 0 aromatic heterocycles. The van der Waals surface area contributed by atoms with Crippen LogP contribution < -0.4 is 0 Å². The Bertz CT molecular complexity index is 540. The van der Waals surface area contributed by atoms with E-state index >= 15 is 0 Å². The third-order valence-electron chi connectivity index (χ3n) is 2.70. The molecule has 1 aliphatic heterocycles. The van der Waals surface area contributed by atoms with Crippen LogP contribution in [0.5, 0.6) is 0 Å². The summed E-state index contributed by atoms with van der Waals surface area (Å²) < 4.78 is 23.3. The molecule has 3 nitrogen and oxygen atoms in total. The van der Waals surface area contributed by atoms with E-state index in [9.17, 15) is 4.57 Å². The third-order valence-corrected chi connectivity index (χ3v) is 5.76. The van der Waals surface area contributed by atoms with Crippen molar-refractivity contribution in [3.8, 4) is 0 Å². The van der Waals surface area contributed by atoms with Gasteiger partial charge in [0.1, 0.15) is 0 Å². The molecule has 1 aromatic rings. The third kappa shape index (κ3) is 4.64. The van der Waals surface area contributed by atoms with Crippen LogP contribution in [0.1, 0.15) is 20.8 Å². The maximum absolute atomic E-state index is 12.4. The first-order chi connectivity index (χ1) is 9.28. The second-order valence-corrected chi connectivity index (χ2v) is 9.16. The van der Waals surface area contributed by atoms with E-state index in [-0.39, 0.29) is 5.41 Å². The predicted molar refractivity (Wildman–Crippen MR) is 84.4 cm³/mol. The van der Waals surface area contributed by atoms with Crippen molar-refractivity contribution in [2.75, 3.05) is 13.2 Å². The minimum Gasteiger partial charge on any atom is -0.305 e. The SMILES string of the molecule is C/C(=C\P1(=O)OCC(C)(C)CO1)Sc1ccc(Cl)cc1. The summed E-state index contributed by atoms with van der Waals surface area (Å²) in [6, 6.07) is 7.50. The van der Waals surface area contributed by atoms with Crippen molar-refractivity contribution in [2.24, 2.45) is 5.41 Å². The quantitative estimate of drug-likeness (QED) is 0.536. The van der Waals surface area contributed by atoms with Gasteiger partial charge in [0.25, 0.3) is 0 Å². The fourth-order valence-corrected chi connectivity index (χ4v) is 4.72. The minimum atomic E-state index is -3.10. The molecule has 0 unspecified atom stereocenters. The van der Waals surface area contributed by atoms with Gasteiger partial charge < -0.3 is 9.05 Å². The molecule has 1 aromatic carbocycles. The molecular weight excluding hydrogens is 315 g/mol. The largest absolute Gasteiger partial charge is 0.355 e. The van der Waals surface area contributed by atoms with E-state index in [0.29, 0.717) is 18.2 Å². The predicted octanol–water partition coefficient (Wildman–Crippen LogP) is 5.56. The molecule has 0 amide bonds. The molecule has 0 spiro atoms. The molecule has 0 radical (unpaired) electrons. The Balaban J connectivity index is 2.03. The first kappa shape index (κ1) is 16.1. The van der Waals surface area contributed by atoms with E-state index in [1.807, 2.05) is 45.0 Å². The average molecular weight is 333 g/mol. The molecule has 20 heavy (non-hydrogen) atoms. The highest BCUT2D eigenvalue weighted by atomic mass is 35.5. The Morgan fingerprint density at radius 2 is 1.85 bits per heavy atom. The lowest BCUT2D eigenvalue weighted by Crippen LogP contribution is -2.28. The van der Waals surface area contributed by atoms with Crippen LogP contribution in [0.15, 0.2) is 39.9 Å². The van der Waals surface area contributed by atoms with Crippen molar-refractivity contribution in [3.63, 3.8) is 0 Å². The minimum absolute atomic E-state index is 0.0843. The topological polar surface area (TPSA) is 35.5 Å². The van der Waals surface area contributed by atoms with Crippen molar-refractivity contribution in [2.45, 2.75) is 25.7 Å². The van der Waals surface area contributed by atoms with Crippen molar-refractivity contribution < 1.29 is 13.6 Å². The van der Waals surface area contributed by atoms with Crippen LogP contribution in [0.2, 0.25) is 5.02 Å². The summed E-state index contributed by atoms with van der Waals surface area (Å²) in [4.78, 5) is 1.92. The standard InChI is InChI=1S/C14H18ClO3PS/c1-11(20-13-6-4-12(15)5-7-13)8-19(16)17-9-14(2,3)10-18-19/h4-8H,9-10H2,1-3H3/b11-8+. The highest BCUT2D eigenvalue weighted by molar-refractivity contribution is 8.03. The second kappa shape index (κ2) is 6.25. The Hall–Kier alpha value is -0.250. The van der Waals surface area contributed by atoms with Gasteiger partial charge in [0.2, 0.25) is 0 Å². The Labute approximate surface area is 129 Å². The highest BCUT2D eigenvalue weighted by Gasteiger charge is 2.35. The van der Waals surface area contributed by atoms with Gasteiger partial charge in [0, 0.05) is 21.2 Å². The Kier molecular flexibility index (Phi) is 5.04. The summed E-state index contributed by atoms with van der Waals surface area (Å²) in [5, 5.41) is 0.699. The molecule has 0 bridgehead atoms. The van der Waals surface area contributed by atoms with Crippen LogP contribution in [0.3, 0.4) is 0 Å². The fraction of sp³-hybridized carbons (Fsp3) is 0.429. The molecule has 1 fully saturated rings. The number of allylic oxidation sites excluding steroid dienone is 1. The summed E-state index contributed by atoms with van der Waals surface area (Å²) in [5.74, 6) is 1.60. The zero-order chi connectivity index (χ0) is 14.8. The van der Waals surface area contributed by atoms with Crippen LogP contribution >= 0.6 is 31.0 Å². The van der Waals surface area contributed by atoms with Gasteiger partial charge >= 0.3 is 7.60 Å². The van der Waals surface area contributed by atoms with Crippen LogP contribution in [0, 0.1) is 5.41 Å². The number of rotatable bonds is 3. The van der Waals surface area contributed by atoms with Gasteiger partial charge in [-0.1, -0.05) is 37.2 Å². The highest BCUT2D eigenvalue weighted by Crippen LogP contribution is 2.56. The van der Waals surface area contributed by atoms with E-state index in [1.165, 1.54) is 11.8 Å². The van der Waals surface area contributed by atoms with Crippen LogP contribution in [0.4, 0.5) is 0 Å². The van der Waals surface area contributed by atoms with E-state index < -0.39 is 7.60 Å². The van der Waals surface area contributed by atoms with Gasteiger partial charge in [0.05, 0.1) is 13.2 Å². The molecule has 2 rings (SSSR count). The molecule has 1 aliphatic rings.